The number of rotatable bonds is 4. The Morgan fingerprint density at radius 1 is 1.35 bits per heavy atom. The first-order valence-electron chi connectivity index (χ1n) is 6.73. The number of hydrogen-bond donors (Lipinski definition) is 1. The Morgan fingerprint density at radius 2 is 2.18 bits per heavy atom. The topological polar surface area (TPSA) is 21.3 Å². The summed E-state index contributed by atoms with van der Waals surface area (Å²) < 4.78 is 5.58. The highest BCUT2D eigenvalue weighted by atomic mass is 16.5. The van der Waals surface area contributed by atoms with Gasteiger partial charge in [-0.15, -0.1) is 0 Å². The minimum Gasteiger partial charge on any atom is -0.494 e. The van der Waals surface area contributed by atoms with Crippen LogP contribution >= 0.6 is 0 Å². The van der Waals surface area contributed by atoms with Gasteiger partial charge in [0, 0.05) is 18.0 Å². The number of nitrogens with one attached hydrogen (secondary N) is 1. The van der Waals surface area contributed by atoms with Crippen molar-refractivity contribution >= 4 is 0 Å². The van der Waals surface area contributed by atoms with Crippen molar-refractivity contribution in [2.45, 2.75) is 51.6 Å². The van der Waals surface area contributed by atoms with Gasteiger partial charge in [-0.25, -0.2) is 0 Å². The molecule has 0 aromatic heterocycles. The lowest BCUT2D eigenvalue weighted by atomic mass is 9.89. The molecule has 17 heavy (non-hydrogen) atoms. The highest BCUT2D eigenvalue weighted by Gasteiger charge is 2.31. The monoisotopic (exact) mass is 233 g/mol. The van der Waals surface area contributed by atoms with Gasteiger partial charge in [0.25, 0.3) is 0 Å². The molecule has 0 bridgehead atoms. The second kappa shape index (κ2) is 5.54. The molecule has 1 fully saturated rings. The lowest BCUT2D eigenvalue weighted by Gasteiger charge is -2.18. The first-order chi connectivity index (χ1) is 8.24. The van der Waals surface area contributed by atoms with Gasteiger partial charge in [-0.2, -0.15) is 0 Å². The third kappa shape index (κ3) is 2.81. The summed E-state index contributed by atoms with van der Waals surface area (Å²) in [6.45, 7) is 7.30. The van der Waals surface area contributed by atoms with Crippen molar-refractivity contribution in [2.75, 3.05) is 6.61 Å². The van der Waals surface area contributed by atoms with E-state index in [1.54, 1.807) is 0 Å². The smallest absolute Gasteiger partial charge is 0.119 e. The molecule has 0 radical (unpaired) electrons. The van der Waals surface area contributed by atoms with Crippen LogP contribution in [-0.4, -0.2) is 18.7 Å². The van der Waals surface area contributed by atoms with E-state index < -0.39 is 0 Å². The van der Waals surface area contributed by atoms with Crippen LogP contribution in [0.2, 0.25) is 0 Å². The van der Waals surface area contributed by atoms with Crippen molar-refractivity contribution in [1.82, 2.24) is 5.32 Å². The molecule has 3 atom stereocenters. The van der Waals surface area contributed by atoms with E-state index in [1.165, 1.54) is 18.4 Å². The van der Waals surface area contributed by atoms with Crippen molar-refractivity contribution in [3.05, 3.63) is 29.8 Å². The fourth-order valence-electron chi connectivity index (χ4n) is 2.87. The molecule has 2 nitrogen and oxygen atoms in total. The van der Waals surface area contributed by atoms with Gasteiger partial charge in [0.2, 0.25) is 0 Å². The molecule has 1 heterocycles. The average Bonchev–Trinajstić information content (AvgIpc) is 2.71. The fourth-order valence-corrected chi connectivity index (χ4v) is 2.87. The first kappa shape index (κ1) is 12.4. The molecule has 1 aromatic rings. The van der Waals surface area contributed by atoms with Crippen LogP contribution in [0.5, 0.6) is 5.75 Å². The zero-order chi connectivity index (χ0) is 12.3. The Morgan fingerprint density at radius 3 is 2.88 bits per heavy atom. The van der Waals surface area contributed by atoms with Gasteiger partial charge in [0.1, 0.15) is 5.75 Å². The molecular weight excluding hydrogens is 210 g/mol. The number of hydrogen-bond acceptors (Lipinski definition) is 2. The highest BCUT2D eigenvalue weighted by Crippen LogP contribution is 2.33. The van der Waals surface area contributed by atoms with E-state index in [9.17, 15) is 0 Å². The molecule has 0 saturated carbocycles. The van der Waals surface area contributed by atoms with Gasteiger partial charge in [-0.05, 0) is 44.4 Å². The zero-order valence-corrected chi connectivity index (χ0v) is 11.1. The maximum Gasteiger partial charge on any atom is 0.119 e. The summed E-state index contributed by atoms with van der Waals surface area (Å²) in [6.07, 6.45) is 2.42. The third-order valence-electron chi connectivity index (χ3n) is 3.63. The van der Waals surface area contributed by atoms with Crippen LogP contribution in [-0.2, 0) is 0 Å². The predicted octanol–water partition coefficient (Wildman–Crippen LogP) is 3.33. The van der Waals surface area contributed by atoms with E-state index in [4.69, 9.17) is 4.74 Å². The summed E-state index contributed by atoms with van der Waals surface area (Å²) in [6, 6.07) is 9.82. The van der Waals surface area contributed by atoms with Gasteiger partial charge < -0.3 is 10.1 Å². The maximum absolute atomic E-state index is 5.58. The minimum atomic E-state index is 0.613. The van der Waals surface area contributed by atoms with Crippen LogP contribution in [0, 0.1) is 0 Å². The molecule has 2 heteroatoms. The van der Waals surface area contributed by atoms with Gasteiger partial charge in [0.05, 0.1) is 6.61 Å². The predicted molar refractivity (Wildman–Crippen MR) is 71.6 cm³/mol. The van der Waals surface area contributed by atoms with Crippen LogP contribution in [0.15, 0.2) is 24.3 Å². The summed E-state index contributed by atoms with van der Waals surface area (Å²) in [5, 5.41) is 3.66. The fraction of sp³-hybridized carbons (Fsp3) is 0.600. The number of ether oxygens (including phenoxy) is 1. The third-order valence-corrected chi connectivity index (χ3v) is 3.63. The summed E-state index contributed by atoms with van der Waals surface area (Å²) >= 11 is 0. The molecule has 1 aliphatic heterocycles. The Hall–Kier alpha value is -1.02. The molecule has 1 N–H and O–H groups in total. The van der Waals surface area contributed by atoms with Crippen LogP contribution in [0.4, 0.5) is 0 Å². The summed E-state index contributed by atoms with van der Waals surface area (Å²) in [7, 11) is 0. The van der Waals surface area contributed by atoms with Crippen molar-refractivity contribution in [3.8, 4) is 5.75 Å². The van der Waals surface area contributed by atoms with E-state index in [2.05, 4.69) is 37.4 Å². The molecule has 3 unspecified atom stereocenters. The number of benzene rings is 1. The van der Waals surface area contributed by atoms with Crippen molar-refractivity contribution in [1.29, 1.82) is 0 Å². The second-order valence-electron chi connectivity index (χ2n) is 4.93. The van der Waals surface area contributed by atoms with E-state index >= 15 is 0 Å². The van der Waals surface area contributed by atoms with Crippen molar-refractivity contribution < 1.29 is 4.74 Å². The van der Waals surface area contributed by atoms with Gasteiger partial charge in [-0.3, -0.25) is 0 Å². The van der Waals surface area contributed by atoms with Crippen LogP contribution in [0.25, 0.3) is 0 Å². The van der Waals surface area contributed by atoms with E-state index in [0.29, 0.717) is 18.0 Å². The molecule has 1 aliphatic rings. The Bertz CT molecular complexity index is 364. The average molecular weight is 233 g/mol. The van der Waals surface area contributed by atoms with Crippen LogP contribution in [0.3, 0.4) is 0 Å². The van der Waals surface area contributed by atoms with E-state index in [-0.39, 0.29) is 0 Å². The molecule has 94 valence electrons. The summed E-state index contributed by atoms with van der Waals surface area (Å²) in [5.74, 6) is 1.63. The molecule has 1 saturated heterocycles. The molecule has 2 rings (SSSR count). The van der Waals surface area contributed by atoms with Crippen molar-refractivity contribution in [2.24, 2.45) is 0 Å². The zero-order valence-electron chi connectivity index (χ0n) is 11.1. The van der Waals surface area contributed by atoms with E-state index in [1.807, 2.05) is 13.0 Å². The van der Waals surface area contributed by atoms with Gasteiger partial charge in [0.15, 0.2) is 0 Å². The minimum absolute atomic E-state index is 0.613. The Labute approximate surface area is 104 Å². The normalized spacial score (nSPS) is 28.3. The lowest BCUT2D eigenvalue weighted by Crippen LogP contribution is -2.28. The molecular formula is C15H23NO. The standard InChI is InChI=1S/C15H23NO/c1-4-15-14(9-11(3)16-15)12-7-6-8-13(10-12)17-5-2/h6-8,10-11,14-16H,4-5,9H2,1-3H3. The SMILES string of the molecule is CCOc1cccc(C2CC(C)NC2CC)c1. The van der Waals surface area contributed by atoms with Gasteiger partial charge in [-0.1, -0.05) is 19.1 Å². The maximum atomic E-state index is 5.58. The van der Waals surface area contributed by atoms with Crippen molar-refractivity contribution in [3.63, 3.8) is 0 Å². The van der Waals surface area contributed by atoms with Crippen LogP contribution < -0.4 is 10.1 Å². The Balaban J connectivity index is 2.18. The molecule has 0 spiro atoms. The second-order valence-corrected chi connectivity index (χ2v) is 4.93. The largest absolute Gasteiger partial charge is 0.494 e. The Kier molecular flexibility index (Phi) is 4.06. The highest BCUT2D eigenvalue weighted by molar-refractivity contribution is 5.32. The lowest BCUT2D eigenvalue weighted by molar-refractivity contribution is 0.339. The quantitative estimate of drug-likeness (QED) is 0.861. The summed E-state index contributed by atoms with van der Waals surface area (Å²) in [4.78, 5) is 0. The molecule has 0 aliphatic carbocycles. The van der Waals surface area contributed by atoms with Crippen LogP contribution in [0.1, 0.15) is 45.1 Å². The molecule has 0 amide bonds. The first-order valence-corrected chi connectivity index (χ1v) is 6.73. The van der Waals surface area contributed by atoms with E-state index in [0.717, 1.165) is 12.4 Å². The van der Waals surface area contributed by atoms with Gasteiger partial charge >= 0.3 is 0 Å². The molecule has 1 aromatic carbocycles. The summed E-state index contributed by atoms with van der Waals surface area (Å²) in [5.41, 5.74) is 1.42.